The van der Waals surface area contributed by atoms with E-state index >= 15 is 0 Å². The Labute approximate surface area is 178 Å². The van der Waals surface area contributed by atoms with Crippen LogP contribution in [-0.2, 0) is 10.1 Å². The molecule has 30 heavy (non-hydrogen) atoms. The zero-order chi connectivity index (χ0) is 22.2. The highest BCUT2D eigenvalue weighted by atomic mass is 32.2. The molecule has 0 fully saturated rings. The van der Waals surface area contributed by atoms with E-state index in [9.17, 15) is 8.42 Å². The molecule has 0 aliphatic carbocycles. The molecule has 6 nitrogen and oxygen atoms in total. The summed E-state index contributed by atoms with van der Waals surface area (Å²) < 4.78 is 32.8. The summed E-state index contributed by atoms with van der Waals surface area (Å²) >= 11 is 0. The quantitative estimate of drug-likeness (QED) is 0.485. The zero-order valence-corrected chi connectivity index (χ0v) is 19.4. The third-order valence-electron chi connectivity index (χ3n) is 5.09. The monoisotopic (exact) mass is 427 g/mol. The number of pyridine rings is 1. The molecule has 0 radical (unpaired) electrons. The molecule has 0 N–H and O–H groups in total. The molecule has 0 bridgehead atoms. The minimum Gasteiger partial charge on any atom is -0.357 e. The predicted molar refractivity (Wildman–Crippen MR) is 119 cm³/mol. The van der Waals surface area contributed by atoms with Crippen LogP contribution in [0.15, 0.2) is 35.5 Å². The van der Waals surface area contributed by atoms with Gasteiger partial charge >= 0.3 is 10.1 Å². The number of benzene rings is 1. The van der Waals surface area contributed by atoms with Crippen LogP contribution < -0.4 is 4.18 Å². The zero-order valence-electron chi connectivity index (χ0n) is 18.6. The normalized spacial score (nSPS) is 12.3. The predicted octanol–water partition coefficient (Wildman–Crippen LogP) is 5.47. The summed E-state index contributed by atoms with van der Waals surface area (Å²) in [6.45, 7) is 13.9. The Bertz CT molecular complexity index is 1160. The van der Waals surface area contributed by atoms with Crippen LogP contribution in [0.25, 0.3) is 10.9 Å². The van der Waals surface area contributed by atoms with Gasteiger partial charge in [-0.1, -0.05) is 53.7 Å². The van der Waals surface area contributed by atoms with Crippen LogP contribution in [0.4, 0.5) is 0 Å². The molecule has 0 saturated carbocycles. The maximum atomic E-state index is 13.6. The molecule has 3 aromatic rings. The van der Waals surface area contributed by atoms with Crippen molar-refractivity contribution in [2.24, 2.45) is 0 Å². The molecule has 0 aliphatic heterocycles. The highest BCUT2D eigenvalue weighted by molar-refractivity contribution is 7.87. The van der Waals surface area contributed by atoms with Gasteiger partial charge in [-0.2, -0.15) is 13.4 Å². The molecule has 7 heteroatoms. The van der Waals surface area contributed by atoms with Crippen LogP contribution in [-0.4, -0.2) is 23.4 Å². The summed E-state index contributed by atoms with van der Waals surface area (Å²) in [5.74, 6) is 0.769. The molecular formula is C23H29N3O3S. The number of hydrogen-bond acceptors (Lipinski definition) is 6. The molecule has 160 valence electrons. The summed E-state index contributed by atoms with van der Waals surface area (Å²) in [4.78, 5) is 12.9. The summed E-state index contributed by atoms with van der Waals surface area (Å²) in [5.41, 5.74) is 3.19. The number of aromatic nitrogens is 3. The summed E-state index contributed by atoms with van der Waals surface area (Å²) in [5, 5.41) is 0.509. The fourth-order valence-electron chi connectivity index (χ4n) is 3.45. The molecule has 2 heterocycles. The summed E-state index contributed by atoms with van der Waals surface area (Å²) in [7, 11) is -4.13. The second-order valence-corrected chi connectivity index (χ2v) is 9.98. The number of aryl methyl sites for hydroxylation is 1. The van der Waals surface area contributed by atoms with E-state index in [-0.39, 0.29) is 22.6 Å². The van der Waals surface area contributed by atoms with Gasteiger partial charge in [0.2, 0.25) is 5.88 Å². The van der Waals surface area contributed by atoms with Crippen molar-refractivity contribution >= 4 is 21.0 Å². The molecule has 0 unspecified atom stereocenters. The van der Waals surface area contributed by atoms with Gasteiger partial charge in [0, 0.05) is 6.20 Å². The molecule has 1 aromatic carbocycles. The Morgan fingerprint density at radius 3 is 2.03 bits per heavy atom. The first-order valence-electron chi connectivity index (χ1n) is 10.2. The van der Waals surface area contributed by atoms with Crippen molar-refractivity contribution in [2.75, 3.05) is 0 Å². The number of nitrogens with zero attached hydrogens (tertiary/aromatic N) is 3. The standard InChI is InChI=1S/C23H29N3O3S/c1-13(2)17-10-19(14(3)4)22(20(11-17)15(5)6)30(27,28)29-23-18-8-9-24-12-21(18)25-16(7)26-23/h8-15H,1-7H3. The average Bonchev–Trinajstić information content (AvgIpc) is 2.66. The van der Waals surface area contributed by atoms with Gasteiger partial charge in [0.05, 0.1) is 17.1 Å². The largest absolute Gasteiger partial charge is 0.357 e. The maximum absolute atomic E-state index is 13.6. The third-order valence-corrected chi connectivity index (χ3v) is 6.44. The first kappa shape index (κ1) is 22.2. The van der Waals surface area contributed by atoms with Gasteiger partial charge in [-0.15, -0.1) is 0 Å². The fourth-order valence-corrected chi connectivity index (χ4v) is 5.03. The molecule has 0 atom stereocenters. The Balaban J connectivity index is 2.24. The van der Waals surface area contributed by atoms with Gasteiger partial charge in [-0.3, -0.25) is 4.98 Å². The number of hydrogen-bond donors (Lipinski definition) is 0. The fraction of sp³-hybridized carbons (Fsp3) is 0.435. The van der Waals surface area contributed by atoms with E-state index in [1.54, 1.807) is 25.4 Å². The third kappa shape index (κ3) is 4.31. The van der Waals surface area contributed by atoms with Crippen molar-refractivity contribution in [3.63, 3.8) is 0 Å². The average molecular weight is 428 g/mol. The first-order chi connectivity index (χ1) is 14.0. The Kier molecular flexibility index (Phi) is 6.13. The lowest BCUT2D eigenvalue weighted by Gasteiger charge is -2.22. The van der Waals surface area contributed by atoms with Gasteiger partial charge in [0.1, 0.15) is 10.7 Å². The van der Waals surface area contributed by atoms with Crippen LogP contribution in [0.1, 0.15) is 81.8 Å². The molecular weight excluding hydrogens is 398 g/mol. The van der Waals surface area contributed by atoms with E-state index < -0.39 is 10.1 Å². The number of fused-ring (bicyclic) bond motifs is 1. The van der Waals surface area contributed by atoms with Gasteiger partial charge in [-0.05, 0) is 47.4 Å². The Hall–Kier alpha value is -2.54. The lowest BCUT2D eigenvalue weighted by Crippen LogP contribution is -2.18. The molecule has 0 aliphatic rings. The van der Waals surface area contributed by atoms with E-state index in [2.05, 4.69) is 28.8 Å². The molecule has 3 rings (SSSR count). The maximum Gasteiger partial charge on any atom is 0.341 e. The van der Waals surface area contributed by atoms with Gasteiger partial charge in [0.15, 0.2) is 0 Å². The second-order valence-electron chi connectivity index (χ2n) is 8.50. The minimum atomic E-state index is -4.13. The van der Waals surface area contributed by atoms with Gasteiger partial charge in [-0.25, -0.2) is 4.98 Å². The van der Waals surface area contributed by atoms with Crippen LogP contribution >= 0.6 is 0 Å². The molecule has 0 spiro atoms. The smallest absolute Gasteiger partial charge is 0.341 e. The molecule has 0 saturated heterocycles. The van der Waals surface area contributed by atoms with E-state index in [0.717, 1.165) is 16.7 Å². The van der Waals surface area contributed by atoms with E-state index in [0.29, 0.717) is 22.6 Å². The van der Waals surface area contributed by atoms with Gasteiger partial charge < -0.3 is 4.18 Å². The lowest BCUT2D eigenvalue weighted by atomic mass is 9.89. The van der Waals surface area contributed by atoms with E-state index in [1.807, 2.05) is 39.8 Å². The van der Waals surface area contributed by atoms with Crippen molar-refractivity contribution in [3.05, 3.63) is 53.1 Å². The number of rotatable bonds is 6. The topological polar surface area (TPSA) is 82.0 Å². The van der Waals surface area contributed by atoms with Crippen molar-refractivity contribution in [3.8, 4) is 5.88 Å². The first-order valence-corrected chi connectivity index (χ1v) is 11.6. The lowest BCUT2D eigenvalue weighted by molar-refractivity contribution is 0.474. The van der Waals surface area contributed by atoms with Crippen molar-refractivity contribution in [1.29, 1.82) is 0 Å². The Morgan fingerprint density at radius 1 is 0.900 bits per heavy atom. The van der Waals surface area contributed by atoms with Crippen molar-refractivity contribution in [1.82, 2.24) is 15.0 Å². The summed E-state index contributed by atoms with van der Waals surface area (Å²) in [6.07, 6.45) is 3.14. The van der Waals surface area contributed by atoms with Crippen LogP contribution in [0.5, 0.6) is 5.88 Å². The minimum absolute atomic E-state index is 0.0163. The van der Waals surface area contributed by atoms with Gasteiger partial charge in [0.25, 0.3) is 0 Å². The van der Waals surface area contributed by atoms with E-state index in [1.165, 1.54) is 0 Å². The Morgan fingerprint density at radius 2 is 1.50 bits per heavy atom. The van der Waals surface area contributed by atoms with Crippen LogP contribution in [0, 0.1) is 6.92 Å². The van der Waals surface area contributed by atoms with Crippen LogP contribution in [0.2, 0.25) is 0 Å². The second kappa shape index (κ2) is 8.30. The summed E-state index contributed by atoms with van der Waals surface area (Å²) in [6, 6.07) is 5.64. The highest BCUT2D eigenvalue weighted by Gasteiger charge is 2.29. The molecule has 0 amide bonds. The highest BCUT2D eigenvalue weighted by Crippen LogP contribution is 2.37. The molecule has 2 aromatic heterocycles. The van der Waals surface area contributed by atoms with Crippen LogP contribution in [0.3, 0.4) is 0 Å². The van der Waals surface area contributed by atoms with E-state index in [4.69, 9.17) is 4.18 Å². The van der Waals surface area contributed by atoms with Crippen molar-refractivity contribution < 1.29 is 12.6 Å². The SMILES string of the molecule is Cc1nc(OS(=O)(=O)c2c(C(C)C)cc(C(C)C)cc2C(C)C)c2ccncc2n1. The van der Waals surface area contributed by atoms with Crippen molar-refractivity contribution in [2.45, 2.75) is 71.1 Å².